The fourth-order valence-corrected chi connectivity index (χ4v) is 1.81. The van der Waals surface area contributed by atoms with Crippen LogP contribution in [0.25, 0.3) is 5.82 Å². The van der Waals surface area contributed by atoms with Gasteiger partial charge in [0.15, 0.2) is 5.69 Å². The third-order valence-electron chi connectivity index (χ3n) is 2.83. The second-order valence-electron chi connectivity index (χ2n) is 4.27. The van der Waals surface area contributed by atoms with Crippen LogP contribution in [0.1, 0.15) is 10.5 Å². The van der Waals surface area contributed by atoms with Gasteiger partial charge in [-0.15, -0.1) is 0 Å². The Morgan fingerprint density at radius 1 is 1.10 bits per heavy atom. The molecule has 0 spiro atoms. The number of hydrogen-bond donors (Lipinski definition) is 2. The number of anilines is 2. The summed E-state index contributed by atoms with van der Waals surface area (Å²) >= 11 is 0. The normalized spacial score (nSPS) is 10.3. The van der Waals surface area contributed by atoms with Crippen LogP contribution in [0.5, 0.6) is 0 Å². The van der Waals surface area contributed by atoms with Crippen molar-refractivity contribution < 1.29 is 4.79 Å². The molecule has 3 aromatic heterocycles. The fraction of sp³-hybridized carbons (Fsp3) is 0. The van der Waals surface area contributed by atoms with Crippen molar-refractivity contribution in [2.75, 3.05) is 11.1 Å². The van der Waals surface area contributed by atoms with E-state index >= 15 is 0 Å². The van der Waals surface area contributed by atoms with Crippen molar-refractivity contribution in [1.29, 1.82) is 0 Å². The van der Waals surface area contributed by atoms with Gasteiger partial charge in [-0.05, 0) is 24.3 Å². The number of amides is 1. The molecule has 0 aliphatic heterocycles. The lowest BCUT2D eigenvalue weighted by Crippen LogP contribution is -2.17. The van der Waals surface area contributed by atoms with Gasteiger partial charge in [0.25, 0.3) is 5.91 Å². The van der Waals surface area contributed by atoms with Crippen molar-refractivity contribution in [1.82, 2.24) is 19.5 Å². The molecule has 3 heterocycles. The number of nitrogens with two attached hydrogens (primary N) is 1. The Balaban J connectivity index is 1.91. The first-order valence-corrected chi connectivity index (χ1v) is 6.20. The maximum absolute atomic E-state index is 12.3. The van der Waals surface area contributed by atoms with E-state index < -0.39 is 0 Å². The topological polar surface area (TPSA) is 98.7 Å². The maximum Gasteiger partial charge on any atom is 0.276 e. The minimum absolute atomic E-state index is 0.165. The van der Waals surface area contributed by atoms with Gasteiger partial charge in [0.2, 0.25) is 0 Å². The van der Waals surface area contributed by atoms with E-state index in [-0.39, 0.29) is 11.6 Å². The van der Waals surface area contributed by atoms with E-state index in [0.717, 1.165) is 0 Å². The van der Waals surface area contributed by atoms with Crippen LogP contribution in [0.3, 0.4) is 0 Å². The highest BCUT2D eigenvalue weighted by atomic mass is 16.1. The van der Waals surface area contributed by atoms with Crippen LogP contribution >= 0.6 is 0 Å². The highest BCUT2D eigenvalue weighted by Gasteiger charge is 2.13. The Morgan fingerprint density at radius 2 is 1.90 bits per heavy atom. The van der Waals surface area contributed by atoms with Crippen molar-refractivity contribution in [3.63, 3.8) is 0 Å². The Kier molecular flexibility index (Phi) is 3.30. The number of nitrogen functional groups attached to an aromatic ring is 1. The lowest BCUT2D eigenvalue weighted by Gasteiger charge is -2.09. The van der Waals surface area contributed by atoms with E-state index in [0.29, 0.717) is 17.2 Å². The zero-order valence-electron chi connectivity index (χ0n) is 11.0. The number of aromatic nitrogens is 4. The summed E-state index contributed by atoms with van der Waals surface area (Å²) in [6, 6.07) is 6.74. The van der Waals surface area contributed by atoms with Gasteiger partial charge in [0.05, 0.1) is 5.69 Å². The standard InChI is InChI=1S/C14H12N6O/c15-11-1-2-12(20-8-7-17-9-20)19-13(11)14(21)18-10-3-5-16-6-4-10/h1-9H,15H2,(H,16,18,21). The van der Waals surface area contributed by atoms with E-state index in [4.69, 9.17) is 5.73 Å². The molecule has 21 heavy (non-hydrogen) atoms. The first kappa shape index (κ1) is 12.8. The van der Waals surface area contributed by atoms with Gasteiger partial charge < -0.3 is 11.1 Å². The summed E-state index contributed by atoms with van der Waals surface area (Å²) in [4.78, 5) is 24.4. The number of carbonyl (C=O) groups is 1. The number of nitrogens with zero attached hydrogens (tertiary/aromatic N) is 4. The lowest BCUT2D eigenvalue weighted by molar-refractivity contribution is 0.102. The van der Waals surface area contributed by atoms with Crippen LogP contribution in [-0.2, 0) is 0 Å². The Morgan fingerprint density at radius 3 is 2.62 bits per heavy atom. The highest BCUT2D eigenvalue weighted by molar-refractivity contribution is 6.06. The molecule has 0 saturated heterocycles. The molecular formula is C14H12N6O. The smallest absolute Gasteiger partial charge is 0.276 e. The highest BCUT2D eigenvalue weighted by Crippen LogP contribution is 2.15. The van der Waals surface area contributed by atoms with Gasteiger partial charge in [-0.1, -0.05) is 0 Å². The van der Waals surface area contributed by atoms with E-state index in [1.807, 2.05) is 0 Å². The summed E-state index contributed by atoms with van der Waals surface area (Å²) in [6.45, 7) is 0. The molecule has 0 unspecified atom stereocenters. The van der Waals surface area contributed by atoms with E-state index in [2.05, 4.69) is 20.3 Å². The minimum atomic E-state index is -0.374. The van der Waals surface area contributed by atoms with E-state index in [9.17, 15) is 4.79 Å². The van der Waals surface area contributed by atoms with Crippen LogP contribution in [-0.4, -0.2) is 25.4 Å². The SMILES string of the molecule is Nc1ccc(-n2ccnc2)nc1C(=O)Nc1ccncc1. The monoisotopic (exact) mass is 280 g/mol. The number of hydrogen-bond acceptors (Lipinski definition) is 5. The van der Waals surface area contributed by atoms with Gasteiger partial charge in [0.1, 0.15) is 12.1 Å². The van der Waals surface area contributed by atoms with Crippen LogP contribution in [0.2, 0.25) is 0 Å². The fourth-order valence-electron chi connectivity index (χ4n) is 1.81. The molecule has 0 aliphatic carbocycles. The molecule has 7 heteroatoms. The average Bonchev–Trinajstić information content (AvgIpc) is 3.03. The third-order valence-corrected chi connectivity index (χ3v) is 2.83. The molecule has 3 rings (SSSR count). The predicted molar refractivity (Wildman–Crippen MR) is 78.0 cm³/mol. The summed E-state index contributed by atoms with van der Waals surface area (Å²) in [7, 11) is 0. The number of carbonyl (C=O) groups excluding carboxylic acids is 1. The molecule has 0 saturated carbocycles. The molecule has 0 atom stereocenters. The van der Waals surface area contributed by atoms with Crippen LogP contribution in [0.4, 0.5) is 11.4 Å². The predicted octanol–water partition coefficient (Wildman–Crippen LogP) is 1.50. The first-order chi connectivity index (χ1) is 10.2. The molecular weight excluding hydrogens is 268 g/mol. The molecule has 104 valence electrons. The van der Waals surface area contributed by atoms with Crippen molar-refractivity contribution in [3.05, 3.63) is 61.1 Å². The number of pyridine rings is 2. The quantitative estimate of drug-likeness (QED) is 0.757. The average molecular weight is 280 g/mol. The minimum Gasteiger partial charge on any atom is -0.397 e. The molecule has 0 fully saturated rings. The van der Waals surface area contributed by atoms with Crippen LogP contribution in [0.15, 0.2) is 55.4 Å². The lowest BCUT2D eigenvalue weighted by atomic mass is 10.2. The van der Waals surface area contributed by atoms with Gasteiger partial charge in [0, 0.05) is 30.5 Å². The van der Waals surface area contributed by atoms with Crippen molar-refractivity contribution in [3.8, 4) is 5.82 Å². The molecule has 7 nitrogen and oxygen atoms in total. The number of imidazole rings is 1. The maximum atomic E-state index is 12.3. The Labute approximate surface area is 120 Å². The zero-order chi connectivity index (χ0) is 14.7. The first-order valence-electron chi connectivity index (χ1n) is 6.20. The van der Waals surface area contributed by atoms with Gasteiger partial charge in [-0.2, -0.15) is 0 Å². The van der Waals surface area contributed by atoms with Crippen molar-refractivity contribution >= 4 is 17.3 Å². The van der Waals surface area contributed by atoms with Gasteiger partial charge in [-0.25, -0.2) is 9.97 Å². The van der Waals surface area contributed by atoms with E-state index in [1.54, 1.807) is 59.9 Å². The molecule has 0 radical (unpaired) electrons. The van der Waals surface area contributed by atoms with Crippen LogP contribution < -0.4 is 11.1 Å². The molecule has 3 aromatic rings. The summed E-state index contributed by atoms with van der Waals surface area (Å²) < 4.78 is 1.70. The molecule has 0 aromatic carbocycles. The summed E-state index contributed by atoms with van der Waals surface area (Å²) in [5, 5.41) is 2.73. The third kappa shape index (κ3) is 2.71. The number of rotatable bonds is 3. The Bertz CT molecular complexity index is 754. The zero-order valence-corrected chi connectivity index (χ0v) is 11.0. The molecule has 3 N–H and O–H groups in total. The van der Waals surface area contributed by atoms with Crippen molar-refractivity contribution in [2.24, 2.45) is 0 Å². The summed E-state index contributed by atoms with van der Waals surface area (Å²) in [5.41, 5.74) is 6.94. The summed E-state index contributed by atoms with van der Waals surface area (Å²) in [5.74, 6) is 0.197. The largest absolute Gasteiger partial charge is 0.397 e. The van der Waals surface area contributed by atoms with Gasteiger partial charge in [-0.3, -0.25) is 14.3 Å². The van der Waals surface area contributed by atoms with Crippen LogP contribution in [0, 0.1) is 0 Å². The molecule has 0 bridgehead atoms. The second kappa shape index (κ2) is 5.41. The number of nitrogens with one attached hydrogen (secondary N) is 1. The second-order valence-corrected chi connectivity index (χ2v) is 4.27. The Hall–Kier alpha value is -3.22. The van der Waals surface area contributed by atoms with Gasteiger partial charge >= 0.3 is 0 Å². The molecule has 1 amide bonds. The molecule has 0 aliphatic rings. The van der Waals surface area contributed by atoms with Crippen molar-refractivity contribution in [2.45, 2.75) is 0 Å². The van der Waals surface area contributed by atoms with E-state index in [1.165, 1.54) is 0 Å². The summed E-state index contributed by atoms with van der Waals surface area (Å²) in [6.07, 6.45) is 8.16.